The van der Waals surface area contributed by atoms with Crippen molar-refractivity contribution in [2.24, 2.45) is 5.92 Å². The monoisotopic (exact) mass is 429 g/mol. The molecule has 1 aromatic heterocycles. The van der Waals surface area contributed by atoms with E-state index in [-0.39, 0.29) is 44.2 Å². The van der Waals surface area contributed by atoms with Gasteiger partial charge in [-0.3, -0.25) is 5.43 Å². The van der Waals surface area contributed by atoms with E-state index in [1.54, 1.807) is 4.90 Å². The fraction of sp³-hybridized carbons (Fsp3) is 0.800. The normalized spacial score (nSPS) is 31.8. The topological polar surface area (TPSA) is 82.5 Å². The van der Waals surface area contributed by atoms with E-state index in [4.69, 9.17) is 4.74 Å². The fourth-order valence-corrected chi connectivity index (χ4v) is 4.91. The van der Waals surface area contributed by atoms with Gasteiger partial charge in [-0.25, -0.2) is 15.4 Å². The summed E-state index contributed by atoms with van der Waals surface area (Å²) in [6.07, 6.45) is -0.497. The minimum absolute atomic E-state index is 0.00721. The number of halogens is 3. The molecule has 2 aliphatic heterocycles. The number of piperidine rings is 1. The molecule has 0 aromatic carbocycles. The van der Waals surface area contributed by atoms with Gasteiger partial charge in [-0.1, -0.05) is 0 Å². The SMILES string of the molecule is CC(C)OC1CCC2NNC(c3cc(N4CCC(O)(C(F)(F)F)CC4)ncn3)C2C1. The van der Waals surface area contributed by atoms with Crippen molar-refractivity contribution in [3.8, 4) is 0 Å². The van der Waals surface area contributed by atoms with Crippen LogP contribution in [-0.4, -0.2) is 58.2 Å². The van der Waals surface area contributed by atoms with Crippen molar-refractivity contribution < 1.29 is 23.0 Å². The highest BCUT2D eigenvalue weighted by Gasteiger charge is 2.54. The van der Waals surface area contributed by atoms with Gasteiger partial charge in [0.25, 0.3) is 0 Å². The van der Waals surface area contributed by atoms with Gasteiger partial charge < -0.3 is 14.7 Å². The van der Waals surface area contributed by atoms with Gasteiger partial charge in [-0.05, 0) is 33.1 Å². The first-order valence-electron chi connectivity index (χ1n) is 10.7. The lowest BCUT2D eigenvalue weighted by atomic mass is 9.79. The summed E-state index contributed by atoms with van der Waals surface area (Å²) in [5.74, 6) is 0.919. The van der Waals surface area contributed by atoms with E-state index in [0.29, 0.717) is 17.8 Å². The average molecular weight is 429 g/mol. The van der Waals surface area contributed by atoms with Gasteiger partial charge in [0.05, 0.1) is 23.9 Å². The number of alkyl halides is 3. The first kappa shape index (κ1) is 21.7. The minimum Gasteiger partial charge on any atom is -0.380 e. The molecule has 7 nitrogen and oxygen atoms in total. The summed E-state index contributed by atoms with van der Waals surface area (Å²) in [7, 11) is 0. The zero-order chi connectivity index (χ0) is 21.5. The van der Waals surface area contributed by atoms with E-state index in [0.717, 1.165) is 25.0 Å². The third-order valence-corrected chi connectivity index (χ3v) is 6.60. The molecule has 1 aromatic rings. The molecule has 0 spiro atoms. The predicted octanol–water partition coefficient (Wildman–Crippen LogP) is 2.48. The Kier molecular flexibility index (Phi) is 5.95. The van der Waals surface area contributed by atoms with E-state index in [1.165, 1.54) is 6.33 Å². The molecule has 30 heavy (non-hydrogen) atoms. The number of aromatic nitrogens is 2. The van der Waals surface area contributed by atoms with E-state index in [2.05, 4.69) is 20.8 Å². The van der Waals surface area contributed by atoms with Crippen molar-refractivity contribution >= 4 is 5.82 Å². The average Bonchev–Trinajstić information content (AvgIpc) is 3.10. The third kappa shape index (κ3) is 4.28. The van der Waals surface area contributed by atoms with Gasteiger partial charge in [0, 0.05) is 44.0 Å². The van der Waals surface area contributed by atoms with Crippen LogP contribution in [0.2, 0.25) is 0 Å². The molecule has 168 valence electrons. The van der Waals surface area contributed by atoms with Crippen molar-refractivity contribution in [3.05, 3.63) is 18.1 Å². The molecule has 1 saturated carbocycles. The van der Waals surface area contributed by atoms with Gasteiger partial charge in [0.1, 0.15) is 12.1 Å². The maximum atomic E-state index is 13.1. The smallest absolute Gasteiger partial charge is 0.380 e. The van der Waals surface area contributed by atoms with E-state index in [9.17, 15) is 18.3 Å². The van der Waals surface area contributed by atoms with E-state index < -0.39 is 11.8 Å². The molecule has 0 amide bonds. The molecule has 4 unspecified atom stereocenters. The zero-order valence-electron chi connectivity index (χ0n) is 17.3. The van der Waals surface area contributed by atoms with Crippen LogP contribution in [0.3, 0.4) is 0 Å². The Morgan fingerprint density at radius 2 is 1.93 bits per heavy atom. The fourth-order valence-electron chi connectivity index (χ4n) is 4.91. The summed E-state index contributed by atoms with van der Waals surface area (Å²) < 4.78 is 45.3. The number of hydrogen-bond donors (Lipinski definition) is 3. The number of ether oxygens (including phenoxy) is 1. The molecule has 4 rings (SSSR count). The standard InChI is InChI=1S/C20H30F3N5O2/c1-12(2)30-13-3-4-15-14(9-13)18(27-26-15)16-10-17(25-11-24-16)28-7-5-19(29,6-8-28)20(21,22)23/h10-15,18,26-27,29H,3-9H2,1-2H3. The molecule has 3 heterocycles. The van der Waals surface area contributed by atoms with Gasteiger partial charge in [0.15, 0.2) is 5.60 Å². The highest BCUT2D eigenvalue weighted by Crippen LogP contribution is 2.41. The van der Waals surface area contributed by atoms with Crippen LogP contribution in [-0.2, 0) is 4.74 Å². The van der Waals surface area contributed by atoms with Gasteiger partial charge in [-0.2, -0.15) is 13.2 Å². The van der Waals surface area contributed by atoms with Crippen LogP contribution in [0.15, 0.2) is 12.4 Å². The number of fused-ring (bicyclic) bond motifs is 1. The minimum atomic E-state index is -4.61. The van der Waals surface area contributed by atoms with Crippen LogP contribution < -0.4 is 15.8 Å². The van der Waals surface area contributed by atoms with Crippen molar-refractivity contribution in [1.29, 1.82) is 0 Å². The summed E-state index contributed by atoms with van der Waals surface area (Å²) >= 11 is 0. The maximum absolute atomic E-state index is 13.1. The highest BCUT2D eigenvalue weighted by atomic mass is 19.4. The summed E-state index contributed by atoms with van der Waals surface area (Å²) in [6.45, 7) is 4.28. The van der Waals surface area contributed by atoms with Crippen LogP contribution >= 0.6 is 0 Å². The molecule has 4 atom stereocenters. The molecule has 3 N–H and O–H groups in total. The quantitative estimate of drug-likeness (QED) is 0.678. The van der Waals surface area contributed by atoms with Gasteiger partial charge >= 0.3 is 6.18 Å². The lowest BCUT2D eigenvalue weighted by molar-refractivity contribution is -0.266. The lowest BCUT2D eigenvalue weighted by Gasteiger charge is -2.39. The summed E-state index contributed by atoms with van der Waals surface area (Å²) in [6, 6.07) is 2.19. The van der Waals surface area contributed by atoms with Crippen LogP contribution in [0.1, 0.15) is 57.7 Å². The Morgan fingerprint density at radius 3 is 2.60 bits per heavy atom. The van der Waals surface area contributed by atoms with E-state index >= 15 is 0 Å². The Balaban J connectivity index is 1.45. The number of anilines is 1. The lowest BCUT2D eigenvalue weighted by Crippen LogP contribution is -2.53. The van der Waals surface area contributed by atoms with Crippen molar-refractivity contribution in [1.82, 2.24) is 20.8 Å². The van der Waals surface area contributed by atoms with Crippen LogP contribution in [0.25, 0.3) is 0 Å². The third-order valence-electron chi connectivity index (χ3n) is 6.60. The van der Waals surface area contributed by atoms with E-state index in [1.807, 2.05) is 19.9 Å². The Labute approximate surface area is 174 Å². The number of aliphatic hydroxyl groups is 1. The van der Waals surface area contributed by atoms with Gasteiger partial charge in [-0.15, -0.1) is 0 Å². The summed E-state index contributed by atoms with van der Waals surface area (Å²) in [5.41, 5.74) is 4.93. The number of hydrogen-bond acceptors (Lipinski definition) is 7. The van der Waals surface area contributed by atoms with Crippen molar-refractivity contribution in [2.45, 2.75) is 82.0 Å². The number of hydrazine groups is 1. The first-order chi connectivity index (χ1) is 14.2. The molecule has 3 aliphatic rings. The predicted molar refractivity (Wildman–Crippen MR) is 105 cm³/mol. The molecule has 2 saturated heterocycles. The first-order valence-corrected chi connectivity index (χ1v) is 10.7. The summed E-state index contributed by atoms with van der Waals surface area (Å²) in [5, 5.41) is 9.90. The molecular formula is C20H30F3N5O2. The van der Waals surface area contributed by atoms with Crippen molar-refractivity contribution in [3.63, 3.8) is 0 Å². The molecule has 0 radical (unpaired) electrons. The van der Waals surface area contributed by atoms with Crippen LogP contribution in [0, 0.1) is 5.92 Å². The number of rotatable bonds is 4. The zero-order valence-corrected chi connectivity index (χ0v) is 17.3. The van der Waals surface area contributed by atoms with Crippen LogP contribution in [0.4, 0.5) is 19.0 Å². The second-order valence-electron chi connectivity index (χ2n) is 8.97. The summed E-state index contributed by atoms with van der Waals surface area (Å²) in [4.78, 5) is 10.5. The highest BCUT2D eigenvalue weighted by molar-refractivity contribution is 5.41. The number of nitrogens with zero attached hydrogens (tertiary/aromatic N) is 3. The molecule has 10 heteroatoms. The largest absolute Gasteiger partial charge is 0.417 e. The van der Waals surface area contributed by atoms with Crippen molar-refractivity contribution in [2.75, 3.05) is 18.0 Å². The second-order valence-corrected chi connectivity index (χ2v) is 8.97. The van der Waals surface area contributed by atoms with Gasteiger partial charge in [0.2, 0.25) is 0 Å². The number of nitrogens with one attached hydrogen (secondary N) is 2. The Hall–Kier alpha value is -1.49. The Bertz CT molecular complexity index is 739. The molecular weight excluding hydrogens is 399 g/mol. The maximum Gasteiger partial charge on any atom is 0.417 e. The van der Waals surface area contributed by atoms with Crippen LogP contribution in [0.5, 0.6) is 0 Å². The molecule has 3 fully saturated rings. The molecule has 1 aliphatic carbocycles. The Morgan fingerprint density at radius 1 is 1.20 bits per heavy atom. The second kappa shape index (κ2) is 8.22. The molecule has 0 bridgehead atoms.